The van der Waals surface area contributed by atoms with Gasteiger partial charge in [0.05, 0.1) is 29.7 Å². The van der Waals surface area contributed by atoms with Crippen molar-refractivity contribution in [1.29, 1.82) is 0 Å². The Morgan fingerprint density at radius 1 is 1.07 bits per heavy atom. The van der Waals surface area contributed by atoms with Gasteiger partial charge in [-0.05, 0) is 59.7 Å². The molecule has 1 aliphatic rings. The van der Waals surface area contributed by atoms with Gasteiger partial charge in [0.15, 0.2) is 0 Å². The summed E-state index contributed by atoms with van der Waals surface area (Å²) in [6.45, 7) is 0. The largest absolute Gasteiger partial charge is 0.453 e. The van der Waals surface area contributed by atoms with E-state index in [0.29, 0.717) is 51.9 Å². The maximum Gasteiger partial charge on any atom is 0.411 e. The Labute approximate surface area is 256 Å². The molecule has 3 heterocycles. The van der Waals surface area contributed by atoms with E-state index in [0.717, 1.165) is 25.7 Å². The summed E-state index contributed by atoms with van der Waals surface area (Å²) in [6, 6.07) is 8.16. The lowest BCUT2D eigenvalue weighted by atomic mass is 10.0. The Morgan fingerprint density at radius 2 is 1.88 bits per heavy atom. The highest BCUT2D eigenvalue weighted by atomic mass is 35.5. The fourth-order valence-corrected chi connectivity index (χ4v) is 5.07. The number of nitrogens with one attached hydrogen (secondary N) is 4. The number of benzene rings is 2. The maximum atomic E-state index is 13.3. The first-order valence-electron chi connectivity index (χ1n) is 13.4. The standard InChI is InChI=1S/C28H27Cl2N9O4/c1-43-28(42)32-18-13-19-25(26-27(30)36-22(35-26)6-4-2-3-5-7-23(40)33-19)20(14-18)34-24(41)11-8-16-12-17(29)9-10-21(16)39-15-31-37-38-39/h8-15H,2-7H2,1H3,(H,32,42)(H,33,40)(H,34,41)(H,35,36). The van der Waals surface area contributed by atoms with Gasteiger partial charge in [0.2, 0.25) is 11.8 Å². The molecular formula is C28H27Cl2N9O4. The van der Waals surface area contributed by atoms with E-state index in [2.05, 4.69) is 36.5 Å². The summed E-state index contributed by atoms with van der Waals surface area (Å²) in [5.74, 6) is -0.0708. The van der Waals surface area contributed by atoms with Crippen molar-refractivity contribution in [3.05, 3.63) is 64.3 Å². The number of amides is 3. The van der Waals surface area contributed by atoms with Crippen molar-refractivity contribution in [3.63, 3.8) is 0 Å². The van der Waals surface area contributed by atoms with E-state index in [1.807, 2.05) is 0 Å². The molecular weight excluding hydrogens is 597 g/mol. The second-order valence-corrected chi connectivity index (χ2v) is 10.5. The van der Waals surface area contributed by atoms with Crippen molar-refractivity contribution in [2.45, 2.75) is 38.5 Å². The summed E-state index contributed by atoms with van der Waals surface area (Å²) in [6.07, 6.45) is 7.97. The zero-order valence-electron chi connectivity index (χ0n) is 23.0. The van der Waals surface area contributed by atoms with Crippen LogP contribution in [0.5, 0.6) is 0 Å². The molecule has 43 heavy (non-hydrogen) atoms. The monoisotopic (exact) mass is 623 g/mol. The Kier molecular flexibility index (Phi) is 9.32. The lowest BCUT2D eigenvalue weighted by molar-refractivity contribution is -0.116. The molecule has 15 heteroatoms. The lowest BCUT2D eigenvalue weighted by Gasteiger charge is -2.18. The van der Waals surface area contributed by atoms with E-state index in [1.54, 1.807) is 30.3 Å². The fourth-order valence-electron chi connectivity index (χ4n) is 4.64. The topological polar surface area (TPSA) is 169 Å². The minimum absolute atomic E-state index is 0.226. The Morgan fingerprint density at radius 3 is 2.65 bits per heavy atom. The molecule has 5 rings (SSSR count). The van der Waals surface area contributed by atoms with E-state index < -0.39 is 12.0 Å². The van der Waals surface area contributed by atoms with Crippen molar-refractivity contribution in [2.75, 3.05) is 23.1 Å². The second kappa shape index (κ2) is 13.5. The van der Waals surface area contributed by atoms with Crippen LogP contribution in [0.15, 0.2) is 42.7 Å². The van der Waals surface area contributed by atoms with Gasteiger partial charge in [-0.15, -0.1) is 5.10 Å². The molecule has 0 atom stereocenters. The molecule has 0 saturated carbocycles. The van der Waals surface area contributed by atoms with Crippen LogP contribution in [-0.4, -0.2) is 55.2 Å². The first-order chi connectivity index (χ1) is 20.8. The highest BCUT2D eigenvalue weighted by Gasteiger charge is 2.23. The van der Waals surface area contributed by atoms with Crippen LogP contribution in [0.25, 0.3) is 23.0 Å². The highest BCUT2D eigenvalue weighted by Crippen LogP contribution is 2.41. The molecule has 0 fully saturated rings. The van der Waals surface area contributed by atoms with Crippen LogP contribution in [0.2, 0.25) is 10.2 Å². The molecule has 1 aliphatic heterocycles. The zero-order chi connectivity index (χ0) is 30.3. The summed E-state index contributed by atoms with van der Waals surface area (Å²) in [5, 5.41) is 20.3. The fraction of sp³-hybridized carbons (Fsp3) is 0.250. The number of carbonyl (C=O) groups is 3. The SMILES string of the molecule is COC(=O)Nc1cc(NC(=O)C=Cc2cc(Cl)ccc2-n2cnnn2)c2c(c1)NC(=O)CCCCCCc1nc-2c(Cl)[nH]1. The highest BCUT2D eigenvalue weighted by molar-refractivity contribution is 6.32. The van der Waals surface area contributed by atoms with Crippen LogP contribution in [0.3, 0.4) is 0 Å². The van der Waals surface area contributed by atoms with Gasteiger partial charge in [0, 0.05) is 35.2 Å². The normalized spacial score (nSPS) is 13.7. The summed E-state index contributed by atoms with van der Waals surface area (Å²) in [4.78, 5) is 46.1. The molecule has 3 amide bonds. The Hall–Kier alpha value is -4.75. The molecule has 0 unspecified atom stereocenters. The number of methoxy groups -OCH3 is 1. The first-order valence-corrected chi connectivity index (χ1v) is 14.2. The van der Waals surface area contributed by atoms with E-state index >= 15 is 0 Å². The third kappa shape index (κ3) is 7.37. The quantitative estimate of drug-likeness (QED) is 0.207. The van der Waals surface area contributed by atoms with Gasteiger partial charge in [0.1, 0.15) is 23.0 Å². The minimum Gasteiger partial charge on any atom is -0.453 e. The van der Waals surface area contributed by atoms with E-state index in [4.69, 9.17) is 32.9 Å². The summed E-state index contributed by atoms with van der Waals surface area (Å²) >= 11 is 12.8. The molecule has 2 aromatic heterocycles. The number of ether oxygens (including phenoxy) is 1. The third-order valence-electron chi connectivity index (χ3n) is 6.61. The van der Waals surface area contributed by atoms with Crippen LogP contribution in [0, 0.1) is 0 Å². The van der Waals surface area contributed by atoms with Crippen molar-refractivity contribution < 1.29 is 19.1 Å². The number of imidazole rings is 1. The van der Waals surface area contributed by atoms with Crippen molar-refractivity contribution in [2.24, 2.45) is 0 Å². The predicted molar refractivity (Wildman–Crippen MR) is 162 cm³/mol. The van der Waals surface area contributed by atoms with Gasteiger partial charge in [-0.1, -0.05) is 36.0 Å². The van der Waals surface area contributed by atoms with Gasteiger partial charge in [-0.25, -0.2) is 9.78 Å². The minimum atomic E-state index is -0.732. The van der Waals surface area contributed by atoms with Crippen molar-refractivity contribution in [3.8, 4) is 16.9 Å². The number of hydrogen-bond acceptors (Lipinski definition) is 8. The van der Waals surface area contributed by atoms with Gasteiger partial charge >= 0.3 is 6.09 Å². The van der Waals surface area contributed by atoms with Crippen molar-refractivity contribution in [1.82, 2.24) is 30.2 Å². The number of carbonyl (C=O) groups excluding carboxylic acids is 3. The lowest BCUT2D eigenvalue weighted by Crippen LogP contribution is -2.16. The van der Waals surface area contributed by atoms with E-state index in [-0.39, 0.29) is 22.4 Å². The van der Waals surface area contributed by atoms with Crippen LogP contribution in [0.1, 0.15) is 43.5 Å². The molecule has 13 nitrogen and oxygen atoms in total. The number of aromatic nitrogens is 6. The second-order valence-electron chi connectivity index (χ2n) is 9.65. The molecule has 0 radical (unpaired) electrons. The van der Waals surface area contributed by atoms with Gasteiger partial charge in [-0.3, -0.25) is 14.9 Å². The smallest absolute Gasteiger partial charge is 0.411 e. The molecule has 2 aromatic carbocycles. The number of rotatable bonds is 5. The predicted octanol–water partition coefficient (Wildman–Crippen LogP) is 5.63. The molecule has 0 aliphatic carbocycles. The number of H-pyrrole nitrogens is 1. The number of aromatic amines is 1. The van der Waals surface area contributed by atoms with Gasteiger partial charge < -0.3 is 20.4 Å². The summed E-state index contributed by atoms with van der Waals surface area (Å²) in [5.41, 5.74) is 2.68. The van der Waals surface area contributed by atoms with Gasteiger partial charge in [0.25, 0.3) is 0 Å². The van der Waals surface area contributed by atoms with Crippen LogP contribution < -0.4 is 16.0 Å². The number of tetrazole rings is 1. The molecule has 0 saturated heterocycles. The average molecular weight is 624 g/mol. The van der Waals surface area contributed by atoms with E-state index in [1.165, 1.54) is 30.3 Å². The third-order valence-corrected chi connectivity index (χ3v) is 7.12. The molecule has 222 valence electrons. The van der Waals surface area contributed by atoms with Gasteiger partial charge in [-0.2, -0.15) is 4.68 Å². The molecule has 4 N–H and O–H groups in total. The summed E-state index contributed by atoms with van der Waals surface area (Å²) < 4.78 is 6.19. The molecule has 4 aromatic rings. The summed E-state index contributed by atoms with van der Waals surface area (Å²) in [7, 11) is 1.23. The zero-order valence-corrected chi connectivity index (χ0v) is 24.5. The number of hydrogen-bond donors (Lipinski definition) is 4. The molecule has 0 spiro atoms. The number of nitrogens with zero attached hydrogens (tertiary/aromatic N) is 5. The molecule has 2 bridgehead atoms. The average Bonchev–Trinajstić information content (AvgIpc) is 3.63. The van der Waals surface area contributed by atoms with Crippen LogP contribution >= 0.6 is 23.2 Å². The number of anilines is 3. The number of aryl methyl sites for hydroxylation is 1. The number of fused-ring (bicyclic) bond motifs is 4. The first kappa shape index (κ1) is 29.7. The van der Waals surface area contributed by atoms with Crippen LogP contribution in [0.4, 0.5) is 21.9 Å². The van der Waals surface area contributed by atoms with Crippen LogP contribution in [-0.2, 0) is 20.7 Å². The Bertz CT molecular complexity index is 1690. The number of halogens is 2. The Balaban J connectivity index is 1.56. The van der Waals surface area contributed by atoms with E-state index in [9.17, 15) is 14.4 Å². The van der Waals surface area contributed by atoms with Crippen molar-refractivity contribution >= 4 is 64.2 Å². The maximum absolute atomic E-state index is 13.3.